The molecule has 0 bridgehead atoms. The summed E-state index contributed by atoms with van der Waals surface area (Å²) in [6.07, 6.45) is 0. The van der Waals surface area contributed by atoms with Gasteiger partial charge in [0.15, 0.2) is 11.6 Å². The first-order valence-corrected chi connectivity index (χ1v) is 9.85. The zero-order chi connectivity index (χ0) is 20.0. The van der Waals surface area contributed by atoms with E-state index in [0.717, 1.165) is 0 Å². The van der Waals surface area contributed by atoms with Crippen LogP contribution in [0.5, 0.6) is 5.75 Å². The van der Waals surface area contributed by atoms with Gasteiger partial charge < -0.3 is 10.1 Å². The maximum absolute atomic E-state index is 12.5. The Kier molecular flexibility index (Phi) is 5.72. The Hall–Kier alpha value is -3.64. The zero-order valence-corrected chi connectivity index (χ0v) is 15.8. The second-order valence-corrected chi connectivity index (χ2v) is 7.31. The summed E-state index contributed by atoms with van der Waals surface area (Å²) in [5.41, 5.74) is 1.19. The van der Waals surface area contributed by atoms with Crippen LogP contribution in [0.4, 0.5) is 17.3 Å². The summed E-state index contributed by atoms with van der Waals surface area (Å²) in [6.45, 7) is 2.35. The molecule has 0 radical (unpaired) electrons. The molecule has 0 spiro atoms. The maximum atomic E-state index is 12.5. The van der Waals surface area contributed by atoms with Gasteiger partial charge in [0.25, 0.3) is 10.0 Å². The van der Waals surface area contributed by atoms with E-state index in [1.54, 1.807) is 42.5 Å². The Morgan fingerprint density at radius 1 is 1.04 bits per heavy atom. The standard InChI is InChI=1S/C19H17N5O3S/c1-2-27-16-6-8-17(9-7-16)28(25,26)24-19-11-10-18(22-23-19)21-15-5-3-4-14(12-15)13-20/h3-12H,2H2,1H3,(H,21,22)(H,23,24). The number of anilines is 3. The third-order valence-corrected chi connectivity index (χ3v) is 4.98. The molecule has 0 amide bonds. The van der Waals surface area contributed by atoms with Crippen molar-refractivity contribution in [3.63, 3.8) is 0 Å². The number of hydrogen-bond acceptors (Lipinski definition) is 7. The molecule has 0 saturated heterocycles. The highest BCUT2D eigenvalue weighted by atomic mass is 32.2. The molecule has 8 nitrogen and oxygen atoms in total. The number of sulfonamides is 1. The molecule has 3 rings (SSSR count). The first-order chi connectivity index (χ1) is 13.5. The largest absolute Gasteiger partial charge is 0.494 e. The number of ether oxygens (including phenoxy) is 1. The van der Waals surface area contributed by atoms with E-state index in [0.29, 0.717) is 29.4 Å². The molecule has 2 N–H and O–H groups in total. The van der Waals surface area contributed by atoms with Gasteiger partial charge in [-0.25, -0.2) is 8.42 Å². The van der Waals surface area contributed by atoms with E-state index < -0.39 is 10.0 Å². The first kappa shape index (κ1) is 19.1. The second kappa shape index (κ2) is 8.37. The molecule has 1 heterocycles. The highest BCUT2D eigenvalue weighted by Gasteiger charge is 2.15. The molecule has 2 aromatic carbocycles. The van der Waals surface area contributed by atoms with Gasteiger partial charge in [0, 0.05) is 5.69 Å². The molecule has 9 heteroatoms. The van der Waals surface area contributed by atoms with Crippen LogP contribution in [0.25, 0.3) is 0 Å². The highest BCUT2D eigenvalue weighted by Crippen LogP contribution is 2.20. The van der Waals surface area contributed by atoms with Crippen molar-refractivity contribution in [1.29, 1.82) is 5.26 Å². The van der Waals surface area contributed by atoms with Crippen LogP contribution in [0, 0.1) is 11.3 Å². The van der Waals surface area contributed by atoms with Gasteiger partial charge in [0.2, 0.25) is 0 Å². The smallest absolute Gasteiger partial charge is 0.263 e. The maximum Gasteiger partial charge on any atom is 0.263 e. The number of hydrogen-bond donors (Lipinski definition) is 2. The van der Waals surface area contributed by atoms with Gasteiger partial charge in [-0.15, -0.1) is 10.2 Å². The lowest BCUT2D eigenvalue weighted by atomic mass is 10.2. The molecule has 0 unspecified atom stereocenters. The summed E-state index contributed by atoms with van der Waals surface area (Å²) >= 11 is 0. The topological polar surface area (TPSA) is 117 Å². The molecule has 1 aromatic heterocycles. The van der Waals surface area contributed by atoms with Gasteiger partial charge in [0.05, 0.1) is 23.1 Å². The molecule has 0 aliphatic rings. The van der Waals surface area contributed by atoms with Gasteiger partial charge in [0.1, 0.15) is 5.75 Å². The third-order valence-electron chi connectivity index (χ3n) is 3.61. The fraction of sp³-hybridized carbons (Fsp3) is 0.105. The monoisotopic (exact) mass is 395 g/mol. The number of benzene rings is 2. The molecular formula is C19H17N5O3S. The molecule has 28 heavy (non-hydrogen) atoms. The van der Waals surface area contributed by atoms with Gasteiger partial charge in [-0.1, -0.05) is 6.07 Å². The fourth-order valence-corrected chi connectivity index (χ4v) is 3.34. The third kappa shape index (κ3) is 4.75. The van der Waals surface area contributed by atoms with Crippen molar-refractivity contribution in [2.24, 2.45) is 0 Å². The number of nitrogens with zero attached hydrogens (tertiary/aromatic N) is 3. The van der Waals surface area contributed by atoms with Crippen molar-refractivity contribution in [3.05, 3.63) is 66.2 Å². The molecule has 0 aliphatic heterocycles. The Labute approximate surface area is 162 Å². The van der Waals surface area contributed by atoms with Crippen LogP contribution in [0.2, 0.25) is 0 Å². The van der Waals surface area contributed by atoms with Crippen LogP contribution in [0.3, 0.4) is 0 Å². The van der Waals surface area contributed by atoms with Crippen LogP contribution in [-0.4, -0.2) is 25.2 Å². The van der Waals surface area contributed by atoms with Crippen molar-refractivity contribution in [2.45, 2.75) is 11.8 Å². The molecule has 0 atom stereocenters. The van der Waals surface area contributed by atoms with Crippen molar-refractivity contribution >= 4 is 27.3 Å². The summed E-state index contributed by atoms with van der Waals surface area (Å²) in [5.74, 6) is 1.10. The summed E-state index contributed by atoms with van der Waals surface area (Å²) in [7, 11) is -3.79. The summed E-state index contributed by atoms with van der Waals surface area (Å²) in [4.78, 5) is 0.0910. The average Bonchev–Trinajstić information content (AvgIpc) is 2.70. The predicted molar refractivity (Wildman–Crippen MR) is 105 cm³/mol. The molecule has 0 aliphatic carbocycles. The van der Waals surface area contributed by atoms with E-state index in [-0.39, 0.29) is 10.7 Å². The zero-order valence-electron chi connectivity index (χ0n) is 15.0. The van der Waals surface area contributed by atoms with E-state index in [4.69, 9.17) is 10.00 Å². The van der Waals surface area contributed by atoms with E-state index in [9.17, 15) is 8.42 Å². The van der Waals surface area contributed by atoms with Crippen molar-refractivity contribution in [3.8, 4) is 11.8 Å². The fourth-order valence-electron chi connectivity index (χ4n) is 2.35. The Bertz CT molecular complexity index is 1090. The van der Waals surface area contributed by atoms with Crippen molar-refractivity contribution in [1.82, 2.24) is 10.2 Å². The lowest BCUT2D eigenvalue weighted by Crippen LogP contribution is -2.14. The van der Waals surface area contributed by atoms with Crippen LogP contribution >= 0.6 is 0 Å². The Balaban J connectivity index is 1.70. The number of aromatic nitrogens is 2. The van der Waals surface area contributed by atoms with E-state index in [1.165, 1.54) is 18.2 Å². The highest BCUT2D eigenvalue weighted by molar-refractivity contribution is 7.92. The van der Waals surface area contributed by atoms with Gasteiger partial charge in [-0.05, 0) is 61.5 Å². The van der Waals surface area contributed by atoms with E-state index in [1.807, 2.05) is 6.92 Å². The minimum absolute atomic E-state index is 0.0882. The van der Waals surface area contributed by atoms with Crippen LogP contribution in [0.1, 0.15) is 12.5 Å². The number of nitriles is 1. The van der Waals surface area contributed by atoms with Crippen LogP contribution in [-0.2, 0) is 10.0 Å². The second-order valence-electron chi connectivity index (χ2n) is 5.63. The molecule has 142 valence electrons. The molecule has 3 aromatic rings. The lowest BCUT2D eigenvalue weighted by Gasteiger charge is -2.09. The normalized spacial score (nSPS) is 10.7. The predicted octanol–water partition coefficient (Wildman–Crippen LogP) is 3.29. The number of rotatable bonds is 7. The Morgan fingerprint density at radius 2 is 1.75 bits per heavy atom. The van der Waals surface area contributed by atoms with Gasteiger partial charge in [-0.3, -0.25) is 4.72 Å². The molecular weight excluding hydrogens is 378 g/mol. The summed E-state index contributed by atoms with van der Waals surface area (Å²) in [6, 6.07) is 18.1. The van der Waals surface area contributed by atoms with E-state index in [2.05, 4.69) is 26.3 Å². The SMILES string of the molecule is CCOc1ccc(S(=O)(=O)Nc2ccc(Nc3cccc(C#N)c3)nn2)cc1. The Morgan fingerprint density at radius 3 is 2.39 bits per heavy atom. The van der Waals surface area contributed by atoms with Gasteiger partial charge >= 0.3 is 0 Å². The van der Waals surface area contributed by atoms with Crippen LogP contribution < -0.4 is 14.8 Å². The quantitative estimate of drug-likeness (QED) is 0.630. The summed E-state index contributed by atoms with van der Waals surface area (Å²) < 4.78 is 32.6. The minimum atomic E-state index is -3.79. The minimum Gasteiger partial charge on any atom is -0.494 e. The average molecular weight is 395 g/mol. The summed E-state index contributed by atoms with van der Waals surface area (Å²) in [5, 5.41) is 19.8. The van der Waals surface area contributed by atoms with E-state index >= 15 is 0 Å². The van der Waals surface area contributed by atoms with Gasteiger partial charge in [-0.2, -0.15) is 5.26 Å². The van der Waals surface area contributed by atoms with Crippen molar-refractivity contribution < 1.29 is 13.2 Å². The molecule has 0 fully saturated rings. The van der Waals surface area contributed by atoms with Crippen molar-refractivity contribution in [2.75, 3.05) is 16.6 Å². The van der Waals surface area contributed by atoms with Crippen LogP contribution in [0.15, 0.2) is 65.6 Å². The number of nitrogens with one attached hydrogen (secondary N) is 2. The lowest BCUT2D eigenvalue weighted by molar-refractivity contribution is 0.340. The first-order valence-electron chi connectivity index (χ1n) is 8.37. The molecule has 0 saturated carbocycles.